The molecule has 6 heteroatoms. The molecule has 1 aromatic heterocycles. The van der Waals surface area contributed by atoms with E-state index in [0.717, 1.165) is 15.9 Å². The molecule has 0 fully saturated rings. The average Bonchev–Trinajstić information content (AvgIpc) is 2.69. The Labute approximate surface area is 156 Å². The van der Waals surface area contributed by atoms with Crippen molar-refractivity contribution in [3.63, 3.8) is 0 Å². The van der Waals surface area contributed by atoms with Crippen LogP contribution >= 0.6 is 0 Å². The van der Waals surface area contributed by atoms with Gasteiger partial charge < -0.3 is 14.9 Å². The molecule has 0 bridgehead atoms. The minimum absolute atomic E-state index is 0.00592. The van der Waals surface area contributed by atoms with E-state index in [0.29, 0.717) is 11.4 Å². The highest BCUT2D eigenvalue weighted by Crippen LogP contribution is 2.14. The maximum atomic E-state index is 12.6. The Morgan fingerprint density at radius 2 is 1.89 bits per heavy atom. The smallest absolute Gasteiger partial charge is 0.295 e. The van der Waals surface area contributed by atoms with Crippen LogP contribution in [0.4, 0.5) is 5.69 Å². The molecule has 0 saturated heterocycles. The van der Waals surface area contributed by atoms with E-state index in [9.17, 15) is 9.59 Å². The van der Waals surface area contributed by atoms with Gasteiger partial charge in [0.2, 0.25) is 0 Å². The van der Waals surface area contributed by atoms with Crippen LogP contribution in [-0.2, 0) is 6.61 Å². The van der Waals surface area contributed by atoms with Gasteiger partial charge in [0.25, 0.3) is 11.5 Å². The maximum Gasteiger partial charge on any atom is 0.295 e. The second-order valence-electron chi connectivity index (χ2n) is 5.95. The van der Waals surface area contributed by atoms with Crippen LogP contribution in [-0.4, -0.2) is 17.7 Å². The largest absolute Gasteiger partial charge is 0.497 e. The van der Waals surface area contributed by atoms with Crippen LogP contribution in [0.2, 0.25) is 0 Å². The van der Waals surface area contributed by atoms with Gasteiger partial charge in [0, 0.05) is 11.9 Å². The van der Waals surface area contributed by atoms with E-state index in [1.807, 2.05) is 49.4 Å². The van der Waals surface area contributed by atoms with Gasteiger partial charge >= 0.3 is 0 Å². The molecular weight excluding hydrogens is 344 g/mol. The number of ether oxygens (including phenoxy) is 1. The van der Waals surface area contributed by atoms with Crippen molar-refractivity contribution in [1.29, 1.82) is 0 Å². The van der Waals surface area contributed by atoms with Crippen molar-refractivity contribution >= 4 is 11.6 Å². The van der Waals surface area contributed by atoms with Crippen LogP contribution in [0.1, 0.15) is 21.5 Å². The molecule has 3 aromatic rings. The van der Waals surface area contributed by atoms with Crippen LogP contribution in [0.5, 0.6) is 5.75 Å². The highest BCUT2D eigenvalue weighted by molar-refractivity contribution is 6.04. The number of rotatable bonds is 6. The van der Waals surface area contributed by atoms with Gasteiger partial charge in [-0.1, -0.05) is 30.3 Å². The summed E-state index contributed by atoms with van der Waals surface area (Å²) >= 11 is 0. The molecule has 0 unspecified atom stereocenters. The van der Waals surface area contributed by atoms with E-state index < -0.39 is 11.5 Å². The van der Waals surface area contributed by atoms with Crippen LogP contribution in [0.15, 0.2) is 71.7 Å². The maximum absolute atomic E-state index is 12.6. The van der Waals surface area contributed by atoms with Gasteiger partial charge in [-0.05, 0) is 48.4 Å². The zero-order valence-corrected chi connectivity index (χ0v) is 15.1. The lowest BCUT2D eigenvalue weighted by Crippen LogP contribution is -2.32. The molecule has 1 N–H and O–H groups in total. The molecule has 0 radical (unpaired) electrons. The quantitative estimate of drug-likeness (QED) is 0.730. The zero-order valence-electron chi connectivity index (χ0n) is 15.1. The Morgan fingerprint density at radius 3 is 2.67 bits per heavy atom. The average molecular weight is 364 g/mol. The predicted molar refractivity (Wildman–Crippen MR) is 103 cm³/mol. The molecule has 0 aliphatic carbocycles. The molecule has 2 aromatic carbocycles. The molecule has 3 rings (SSSR count). The van der Waals surface area contributed by atoms with Gasteiger partial charge in [0.05, 0.1) is 7.11 Å². The number of carbonyl (C=O) groups excluding carboxylic acids is 1. The Balaban J connectivity index is 1.76. The van der Waals surface area contributed by atoms with Gasteiger partial charge in [-0.25, -0.2) is 0 Å². The van der Waals surface area contributed by atoms with Crippen LogP contribution in [0, 0.1) is 6.92 Å². The summed E-state index contributed by atoms with van der Waals surface area (Å²) in [5.74, 6) is 0.225. The topological polar surface area (TPSA) is 69.6 Å². The van der Waals surface area contributed by atoms with Gasteiger partial charge in [-0.3, -0.25) is 9.59 Å². The molecule has 1 amide bonds. The van der Waals surface area contributed by atoms with E-state index >= 15 is 0 Å². The van der Waals surface area contributed by atoms with Gasteiger partial charge in [-0.2, -0.15) is 4.73 Å². The number of anilines is 1. The number of hydrogen-bond donors (Lipinski definition) is 1. The molecular formula is C21H20N2O4. The summed E-state index contributed by atoms with van der Waals surface area (Å²) in [5, 5.41) is 2.76. The molecule has 6 nitrogen and oxygen atoms in total. The third-order valence-corrected chi connectivity index (χ3v) is 4.06. The molecule has 0 atom stereocenters. The van der Waals surface area contributed by atoms with E-state index in [1.165, 1.54) is 12.3 Å². The van der Waals surface area contributed by atoms with Crippen LogP contribution in [0.3, 0.4) is 0 Å². The number of aryl methyl sites for hydroxylation is 1. The van der Waals surface area contributed by atoms with Crippen LogP contribution < -0.4 is 20.5 Å². The van der Waals surface area contributed by atoms with Crippen molar-refractivity contribution in [3.05, 3.63) is 93.9 Å². The first-order valence-corrected chi connectivity index (χ1v) is 8.43. The molecule has 0 spiro atoms. The second-order valence-corrected chi connectivity index (χ2v) is 5.95. The third kappa shape index (κ3) is 4.36. The van der Waals surface area contributed by atoms with Crippen molar-refractivity contribution in [2.45, 2.75) is 13.5 Å². The van der Waals surface area contributed by atoms with Crippen molar-refractivity contribution < 1.29 is 14.4 Å². The van der Waals surface area contributed by atoms with E-state index in [1.54, 1.807) is 19.2 Å². The minimum atomic E-state index is -0.522. The number of nitrogens with one attached hydrogen (secondary N) is 1. The summed E-state index contributed by atoms with van der Waals surface area (Å²) in [6, 6.07) is 17.8. The number of hydrogen-bond acceptors (Lipinski definition) is 4. The Hall–Kier alpha value is -3.54. The monoisotopic (exact) mass is 364 g/mol. The normalized spacial score (nSPS) is 10.3. The van der Waals surface area contributed by atoms with E-state index in [4.69, 9.17) is 9.57 Å². The highest BCUT2D eigenvalue weighted by atomic mass is 16.7. The summed E-state index contributed by atoms with van der Waals surface area (Å²) in [6.45, 7) is 2.05. The van der Waals surface area contributed by atoms with Gasteiger partial charge in [-0.15, -0.1) is 0 Å². The minimum Gasteiger partial charge on any atom is -0.497 e. The van der Waals surface area contributed by atoms with Crippen molar-refractivity contribution in [2.24, 2.45) is 0 Å². The predicted octanol–water partition coefficient (Wildman–Crippen LogP) is 3.05. The lowest BCUT2D eigenvalue weighted by Gasteiger charge is -2.11. The van der Waals surface area contributed by atoms with Crippen molar-refractivity contribution in [1.82, 2.24) is 4.73 Å². The summed E-state index contributed by atoms with van der Waals surface area (Å²) in [4.78, 5) is 30.6. The summed E-state index contributed by atoms with van der Waals surface area (Å²) in [5.41, 5.74) is 1.90. The molecule has 27 heavy (non-hydrogen) atoms. The Kier molecular flexibility index (Phi) is 5.56. The lowest BCUT2D eigenvalue weighted by atomic mass is 10.2. The number of para-hydroxylation sites is 1. The molecule has 0 aliphatic rings. The Morgan fingerprint density at radius 1 is 1.07 bits per heavy atom. The number of amides is 1. The summed E-state index contributed by atoms with van der Waals surface area (Å²) in [7, 11) is 1.58. The summed E-state index contributed by atoms with van der Waals surface area (Å²) in [6.07, 6.45) is 1.48. The summed E-state index contributed by atoms with van der Waals surface area (Å²) < 4.78 is 6.23. The van der Waals surface area contributed by atoms with Crippen molar-refractivity contribution in [2.75, 3.05) is 12.4 Å². The van der Waals surface area contributed by atoms with Crippen LogP contribution in [0.25, 0.3) is 0 Å². The molecule has 1 heterocycles. The number of nitrogens with zero attached hydrogens (tertiary/aromatic N) is 1. The number of carbonyl (C=O) groups is 1. The second kappa shape index (κ2) is 8.23. The van der Waals surface area contributed by atoms with E-state index in [-0.39, 0.29) is 12.2 Å². The first-order valence-electron chi connectivity index (χ1n) is 8.43. The highest BCUT2D eigenvalue weighted by Gasteiger charge is 2.14. The molecule has 0 saturated carbocycles. The number of pyridine rings is 1. The zero-order chi connectivity index (χ0) is 19.2. The SMILES string of the molecule is COc1cccc(COn2cccc(C(=O)Nc3ccccc3C)c2=O)c1. The van der Waals surface area contributed by atoms with Crippen molar-refractivity contribution in [3.8, 4) is 5.75 Å². The van der Waals surface area contributed by atoms with Gasteiger partial charge in [0.1, 0.15) is 17.9 Å². The Bertz CT molecular complexity index is 1010. The standard InChI is InChI=1S/C21H20N2O4/c1-15-7-3-4-11-19(15)22-20(24)18-10-6-12-23(21(18)25)27-14-16-8-5-9-17(13-16)26-2/h3-13H,14H2,1-2H3,(H,22,24). The van der Waals surface area contributed by atoms with E-state index in [2.05, 4.69) is 5.32 Å². The van der Waals surface area contributed by atoms with Gasteiger partial charge in [0.15, 0.2) is 0 Å². The fourth-order valence-electron chi connectivity index (χ4n) is 2.56. The number of benzene rings is 2. The molecule has 0 aliphatic heterocycles. The molecule has 138 valence electrons. The number of aromatic nitrogens is 1. The fourth-order valence-corrected chi connectivity index (χ4v) is 2.56. The first kappa shape index (κ1) is 18.3. The third-order valence-electron chi connectivity index (χ3n) is 4.06. The fraction of sp³-hybridized carbons (Fsp3) is 0.143. The number of methoxy groups -OCH3 is 1. The first-order chi connectivity index (χ1) is 13.1. The lowest BCUT2D eigenvalue weighted by molar-refractivity contribution is 0.0862.